The van der Waals surface area contributed by atoms with E-state index in [2.05, 4.69) is 13.8 Å². The summed E-state index contributed by atoms with van der Waals surface area (Å²) in [5.41, 5.74) is 0. The zero-order valence-electron chi connectivity index (χ0n) is 9.71. The van der Waals surface area contributed by atoms with Crippen LogP contribution in [0.4, 0.5) is 0 Å². The van der Waals surface area contributed by atoms with Gasteiger partial charge in [0.1, 0.15) is 0 Å². The third-order valence-corrected chi connectivity index (χ3v) is 2.56. The van der Waals surface area contributed by atoms with Gasteiger partial charge in [-0.15, -0.1) is 0 Å². The third kappa shape index (κ3) is 8.52. The Morgan fingerprint density at radius 2 is 1.43 bits per heavy atom. The van der Waals surface area contributed by atoms with E-state index in [0.29, 0.717) is 6.42 Å². The third-order valence-electron chi connectivity index (χ3n) is 2.56. The quantitative estimate of drug-likeness (QED) is 0.564. The van der Waals surface area contributed by atoms with Crippen LogP contribution in [-0.4, -0.2) is 22.4 Å². The van der Waals surface area contributed by atoms with Gasteiger partial charge < -0.3 is 10.2 Å². The summed E-state index contributed by atoms with van der Waals surface area (Å²) in [7, 11) is 0. The maximum Gasteiger partial charge on any atom is 0.0564 e. The molecular weight excluding hydrogens is 176 g/mol. The smallest absolute Gasteiger partial charge is 0.0564 e. The van der Waals surface area contributed by atoms with E-state index >= 15 is 0 Å². The molecule has 0 saturated carbocycles. The Kier molecular flexibility index (Phi) is 9.42. The van der Waals surface area contributed by atoms with E-state index in [4.69, 9.17) is 0 Å². The van der Waals surface area contributed by atoms with Crippen molar-refractivity contribution in [2.45, 2.75) is 77.4 Å². The van der Waals surface area contributed by atoms with E-state index in [1.54, 1.807) is 0 Å². The van der Waals surface area contributed by atoms with Gasteiger partial charge in [0, 0.05) is 0 Å². The Morgan fingerprint density at radius 1 is 0.786 bits per heavy atom. The highest BCUT2D eigenvalue weighted by atomic mass is 16.3. The first-order chi connectivity index (χ1) is 6.70. The first-order valence-corrected chi connectivity index (χ1v) is 6.06. The van der Waals surface area contributed by atoms with E-state index in [9.17, 15) is 10.2 Å². The number of hydrogen-bond acceptors (Lipinski definition) is 2. The Balaban J connectivity index is 3.30. The summed E-state index contributed by atoms with van der Waals surface area (Å²) in [6.07, 6.45) is 7.38. The summed E-state index contributed by atoms with van der Waals surface area (Å²) >= 11 is 0. The van der Waals surface area contributed by atoms with Gasteiger partial charge in [-0.3, -0.25) is 0 Å². The second-order valence-corrected chi connectivity index (χ2v) is 4.18. The van der Waals surface area contributed by atoms with Crippen LogP contribution in [0.3, 0.4) is 0 Å². The second kappa shape index (κ2) is 9.47. The molecule has 0 rings (SSSR count). The number of aliphatic hydroxyl groups is 2. The number of hydrogen-bond donors (Lipinski definition) is 2. The number of aliphatic hydroxyl groups excluding tert-OH is 2. The van der Waals surface area contributed by atoms with Gasteiger partial charge >= 0.3 is 0 Å². The van der Waals surface area contributed by atoms with Crippen molar-refractivity contribution in [3.8, 4) is 0 Å². The van der Waals surface area contributed by atoms with Crippen LogP contribution < -0.4 is 0 Å². The molecule has 0 aliphatic heterocycles. The summed E-state index contributed by atoms with van der Waals surface area (Å²) in [6, 6.07) is 0. The van der Waals surface area contributed by atoms with Gasteiger partial charge in [0.25, 0.3) is 0 Å². The lowest BCUT2D eigenvalue weighted by Gasteiger charge is -2.14. The van der Waals surface area contributed by atoms with Crippen molar-refractivity contribution in [3.05, 3.63) is 0 Å². The molecule has 0 unspecified atom stereocenters. The lowest BCUT2D eigenvalue weighted by atomic mass is 10.0. The van der Waals surface area contributed by atoms with Crippen LogP contribution in [0.2, 0.25) is 0 Å². The van der Waals surface area contributed by atoms with E-state index < -0.39 is 0 Å². The normalized spacial score (nSPS) is 15.4. The van der Waals surface area contributed by atoms with E-state index in [1.165, 1.54) is 19.3 Å². The van der Waals surface area contributed by atoms with Crippen LogP contribution in [0.1, 0.15) is 65.2 Å². The largest absolute Gasteiger partial charge is 0.393 e. The maximum absolute atomic E-state index is 9.59. The fourth-order valence-corrected chi connectivity index (χ4v) is 1.69. The summed E-state index contributed by atoms with van der Waals surface area (Å²) in [6.45, 7) is 4.23. The molecule has 0 radical (unpaired) electrons. The van der Waals surface area contributed by atoms with Gasteiger partial charge in [-0.25, -0.2) is 0 Å². The molecule has 0 aromatic carbocycles. The van der Waals surface area contributed by atoms with Crippen LogP contribution in [0.5, 0.6) is 0 Å². The van der Waals surface area contributed by atoms with Crippen molar-refractivity contribution in [1.29, 1.82) is 0 Å². The van der Waals surface area contributed by atoms with Crippen LogP contribution in [0.15, 0.2) is 0 Å². The highest BCUT2D eigenvalue weighted by Gasteiger charge is 2.10. The van der Waals surface area contributed by atoms with Crippen molar-refractivity contribution < 1.29 is 10.2 Å². The summed E-state index contributed by atoms with van der Waals surface area (Å²) in [4.78, 5) is 0. The lowest BCUT2D eigenvalue weighted by Crippen LogP contribution is -2.17. The Morgan fingerprint density at radius 3 is 2.00 bits per heavy atom. The predicted molar refractivity (Wildman–Crippen MR) is 60.3 cm³/mol. The van der Waals surface area contributed by atoms with Crippen molar-refractivity contribution in [3.63, 3.8) is 0 Å². The standard InChI is InChI=1S/C12H26O2/c1-3-5-6-7-9-12(14)10-11(13)8-4-2/h11-14H,3-10H2,1-2H3/t11-,12+/m1/s1. The van der Waals surface area contributed by atoms with Crippen molar-refractivity contribution in [1.82, 2.24) is 0 Å². The molecule has 0 amide bonds. The number of rotatable bonds is 9. The fourth-order valence-electron chi connectivity index (χ4n) is 1.69. The molecular formula is C12H26O2. The van der Waals surface area contributed by atoms with Crippen LogP contribution in [-0.2, 0) is 0 Å². The predicted octanol–water partition coefficient (Wildman–Crippen LogP) is 2.87. The molecule has 0 aromatic rings. The molecule has 86 valence electrons. The first kappa shape index (κ1) is 13.9. The minimum absolute atomic E-state index is 0.298. The zero-order chi connectivity index (χ0) is 10.8. The van der Waals surface area contributed by atoms with Crippen LogP contribution in [0, 0.1) is 0 Å². The van der Waals surface area contributed by atoms with Crippen LogP contribution >= 0.6 is 0 Å². The van der Waals surface area contributed by atoms with Crippen molar-refractivity contribution in [2.24, 2.45) is 0 Å². The maximum atomic E-state index is 9.59. The Bertz CT molecular complexity index is 115. The van der Waals surface area contributed by atoms with E-state index in [1.807, 2.05) is 0 Å². The Labute approximate surface area is 88.3 Å². The molecule has 0 saturated heterocycles. The number of unbranched alkanes of at least 4 members (excludes halogenated alkanes) is 3. The highest BCUT2D eigenvalue weighted by molar-refractivity contribution is 4.63. The van der Waals surface area contributed by atoms with Gasteiger partial charge in [0.2, 0.25) is 0 Å². The molecule has 0 spiro atoms. The van der Waals surface area contributed by atoms with Crippen molar-refractivity contribution in [2.75, 3.05) is 0 Å². The zero-order valence-corrected chi connectivity index (χ0v) is 9.71. The molecule has 2 N–H and O–H groups in total. The molecule has 0 aliphatic rings. The van der Waals surface area contributed by atoms with Crippen molar-refractivity contribution >= 4 is 0 Å². The van der Waals surface area contributed by atoms with E-state index in [-0.39, 0.29) is 12.2 Å². The van der Waals surface area contributed by atoms with Gasteiger partial charge in [0.15, 0.2) is 0 Å². The minimum Gasteiger partial charge on any atom is -0.393 e. The lowest BCUT2D eigenvalue weighted by molar-refractivity contribution is 0.0692. The molecule has 2 heteroatoms. The monoisotopic (exact) mass is 202 g/mol. The molecule has 0 heterocycles. The van der Waals surface area contributed by atoms with E-state index in [0.717, 1.165) is 25.7 Å². The van der Waals surface area contributed by atoms with Gasteiger partial charge in [0.05, 0.1) is 12.2 Å². The summed E-state index contributed by atoms with van der Waals surface area (Å²) in [5.74, 6) is 0. The average Bonchev–Trinajstić information content (AvgIpc) is 2.13. The summed E-state index contributed by atoms with van der Waals surface area (Å²) in [5, 5.41) is 19.0. The van der Waals surface area contributed by atoms with Crippen LogP contribution in [0.25, 0.3) is 0 Å². The summed E-state index contributed by atoms with van der Waals surface area (Å²) < 4.78 is 0. The molecule has 2 nitrogen and oxygen atoms in total. The molecule has 14 heavy (non-hydrogen) atoms. The van der Waals surface area contributed by atoms with Gasteiger partial charge in [-0.05, 0) is 19.3 Å². The molecule has 0 aromatic heterocycles. The minimum atomic E-state index is -0.304. The SMILES string of the molecule is CCCCCC[C@H](O)C[C@H](O)CCC. The fraction of sp³-hybridized carbons (Fsp3) is 1.00. The highest BCUT2D eigenvalue weighted by Crippen LogP contribution is 2.11. The topological polar surface area (TPSA) is 40.5 Å². The average molecular weight is 202 g/mol. The molecule has 0 bridgehead atoms. The van der Waals surface area contributed by atoms with Gasteiger partial charge in [-0.2, -0.15) is 0 Å². The molecule has 0 fully saturated rings. The Hall–Kier alpha value is -0.0800. The first-order valence-electron chi connectivity index (χ1n) is 6.06. The van der Waals surface area contributed by atoms with Gasteiger partial charge in [-0.1, -0.05) is 46.0 Å². The second-order valence-electron chi connectivity index (χ2n) is 4.18. The molecule has 0 aliphatic carbocycles. The molecule has 2 atom stereocenters.